The number of methoxy groups -OCH3 is 1. The molecule has 3 rings (SSSR count). The van der Waals surface area contributed by atoms with Crippen LogP contribution in [0.25, 0.3) is 0 Å². The van der Waals surface area contributed by atoms with Crippen LogP contribution in [-0.2, 0) is 16.1 Å². The highest BCUT2D eigenvalue weighted by Gasteiger charge is 2.36. The third-order valence-electron chi connectivity index (χ3n) is 5.35. The van der Waals surface area contributed by atoms with Crippen molar-refractivity contribution in [1.29, 1.82) is 0 Å². The standard InChI is InChI=1S/C25H31Cl2NO4/c1-25(2,3)32-24(29)28-13-6-5-10-21(28)23(30-4)18-9-7-8-17(14-18)16-31-22-12-11-19(26)15-20(22)27/h7-9,11-12,14-15,21,23H,5-6,10,13,16H2,1-4H3. The maximum Gasteiger partial charge on any atom is 0.410 e. The van der Waals surface area contributed by atoms with Gasteiger partial charge in [0, 0.05) is 18.7 Å². The van der Waals surface area contributed by atoms with Crippen LogP contribution in [0.1, 0.15) is 57.3 Å². The quantitative estimate of drug-likeness (QED) is 0.445. The lowest BCUT2D eigenvalue weighted by Gasteiger charge is -2.40. The zero-order valence-electron chi connectivity index (χ0n) is 19.1. The highest BCUT2D eigenvalue weighted by Crippen LogP contribution is 2.33. The summed E-state index contributed by atoms with van der Waals surface area (Å²) in [5.41, 5.74) is 1.44. The number of ether oxygens (including phenoxy) is 3. The molecule has 5 nitrogen and oxygen atoms in total. The van der Waals surface area contributed by atoms with Crippen LogP contribution in [0.15, 0.2) is 42.5 Å². The number of rotatable bonds is 6. The van der Waals surface area contributed by atoms with Crippen molar-refractivity contribution < 1.29 is 19.0 Å². The van der Waals surface area contributed by atoms with Crippen molar-refractivity contribution in [3.8, 4) is 5.75 Å². The molecule has 1 aliphatic heterocycles. The number of carbonyl (C=O) groups is 1. The number of benzene rings is 2. The molecule has 2 aromatic rings. The SMILES string of the molecule is COC(c1cccc(COc2ccc(Cl)cc2Cl)c1)C1CCCCN1C(=O)OC(C)(C)C. The predicted molar refractivity (Wildman–Crippen MR) is 128 cm³/mol. The monoisotopic (exact) mass is 479 g/mol. The maximum absolute atomic E-state index is 12.9. The molecule has 1 heterocycles. The molecule has 2 atom stereocenters. The van der Waals surface area contributed by atoms with E-state index in [1.807, 2.05) is 43.9 Å². The molecule has 0 aromatic heterocycles. The Kier molecular flexibility index (Phi) is 8.32. The zero-order valence-corrected chi connectivity index (χ0v) is 20.6. The van der Waals surface area contributed by atoms with Gasteiger partial charge >= 0.3 is 6.09 Å². The molecular formula is C25H31Cl2NO4. The van der Waals surface area contributed by atoms with Crippen LogP contribution in [0.4, 0.5) is 4.79 Å². The molecule has 2 aromatic carbocycles. The van der Waals surface area contributed by atoms with Gasteiger partial charge in [-0.05, 0) is 75.4 Å². The van der Waals surface area contributed by atoms with Crippen LogP contribution in [0, 0.1) is 0 Å². The minimum absolute atomic E-state index is 0.0921. The second kappa shape index (κ2) is 10.8. The third kappa shape index (κ3) is 6.53. The van der Waals surface area contributed by atoms with Gasteiger partial charge in [-0.3, -0.25) is 0 Å². The van der Waals surface area contributed by atoms with Crippen LogP contribution >= 0.6 is 23.2 Å². The van der Waals surface area contributed by atoms with Gasteiger partial charge in [0.25, 0.3) is 0 Å². The zero-order chi connectivity index (χ0) is 23.3. The van der Waals surface area contributed by atoms with Crippen molar-refractivity contribution in [1.82, 2.24) is 4.90 Å². The van der Waals surface area contributed by atoms with E-state index in [1.165, 1.54) is 0 Å². The molecule has 0 bridgehead atoms. The number of hydrogen-bond donors (Lipinski definition) is 0. The molecule has 0 aliphatic carbocycles. The lowest BCUT2D eigenvalue weighted by atomic mass is 9.92. The van der Waals surface area contributed by atoms with E-state index in [4.69, 9.17) is 37.4 Å². The first-order chi connectivity index (χ1) is 15.2. The Labute approximate surface area is 200 Å². The molecule has 0 radical (unpaired) electrons. The van der Waals surface area contributed by atoms with Gasteiger partial charge in [-0.2, -0.15) is 0 Å². The fourth-order valence-corrected chi connectivity index (χ4v) is 4.41. The Morgan fingerprint density at radius 1 is 1.16 bits per heavy atom. The number of hydrogen-bond acceptors (Lipinski definition) is 4. The van der Waals surface area contributed by atoms with E-state index in [9.17, 15) is 4.79 Å². The van der Waals surface area contributed by atoms with E-state index in [-0.39, 0.29) is 18.2 Å². The minimum atomic E-state index is -0.540. The lowest BCUT2D eigenvalue weighted by molar-refractivity contribution is -0.0291. The van der Waals surface area contributed by atoms with Crippen LogP contribution in [0.5, 0.6) is 5.75 Å². The molecule has 0 saturated carbocycles. The van der Waals surface area contributed by atoms with Gasteiger partial charge in [-0.15, -0.1) is 0 Å². The summed E-state index contributed by atoms with van der Waals surface area (Å²) < 4.78 is 17.5. The van der Waals surface area contributed by atoms with Gasteiger partial charge in [-0.25, -0.2) is 4.79 Å². The minimum Gasteiger partial charge on any atom is -0.487 e. The molecule has 1 aliphatic rings. The van der Waals surface area contributed by atoms with Crippen molar-refractivity contribution >= 4 is 29.3 Å². The number of carbonyl (C=O) groups excluding carboxylic acids is 1. The van der Waals surface area contributed by atoms with Crippen molar-refractivity contribution in [2.75, 3.05) is 13.7 Å². The number of likely N-dealkylation sites (tertiary alicyclic amines) is 1. The normalized spacial score (nSPS) is 17.7. The van der Waals surface area contributed by atoms with Crippen LogP contribution in [-0.4, -0.2) is 36.3 Å². The van der Waals surface area contributed by atoms with Crippen molar-refractivity contribution in [2.24, 2.45) is 0 Å². The Morgan fingerprint density at radius 2 is 1.94 bits per heavy atom. The first-order valence-electron chi connectivity index (χ1n) is 10.9. The number of piperidine rings is 1. The van der Waals surface area contributed by atoms with Crippen molar-refractivity contribution in [2.45, 2.75) is 64.4 Å². The Bertz CT molecular complexity index is 928. The molecule has 1 fully saturated rings. The van der Waals surface area contributed by atoms with Crippen molar-refractivity contribution in [3.63, 3.8) is 0 Å². The van der Waals surface area contributed by atoms with Gasteiger partial charge in [0.1, 0.15) is 24.1 Å². The second-order valence-corrected chi connectivity index (χ2v) is 9.85. The molecule has 7 heteroatoms. The fourth-order valence-electron chi connectivity index (χ4n) is 3.95. The smallest absolute Gasteiger partial charge is 0.410 e. The van der Waals surface area contributed by atoms with E-state index in [1.54, 1.807) is 25.3 Å². The third-order valence-corrected chi connectivity index (χ3v) is 5.88. The number of amides is 1. The molecule has 32 heavy (non-hydrogen) atoms. The van der Waals surface area contributed by atoms with E-state index in [2.05, 4.69) is 6.07 Å². The Balaban J connectivity index is 1.76. The van der Waals surface area contributed by atoms with Gasteiger partial charge < -0.3 is 19.1 Å². The highest BCUT2D eigenvalue weighted by molar-refractivity contribution is 6.35. The van der Waals surface area contributed by atoms with E-state index in [0.29, 0.717) is 28.9 Å². The molecule has 174 valence electrons. The van der Waals surface area contributed by atoms with E-state index in [0.717, 1.165) is 30.4 Å². The molecule has 1 amide bonds. The fraction of sp³-hybridized carbons (Fsp3) is 0.480. The topological polar surface area (TPSA) is 48.0 Å². The predicted octanol–water partition coefficient (Wildman–Crippen LogP) is 7.05. The molecule has 1 saturated heterocycles. The summed E-state index contributed by atoms with van der Waals surface area (Å²) in [4.78, 5) is 14.7. The van der Waals surface area contributed by atoms with Crippen LogP contribution in [0.2, 0.25) is 10.0 Å². The van der Waals surface area contributed by atoms with Crippen molar-refractivity contribution in [3.05, 3.63) is 63.6 Å². The molecule has 0 spiro atoms. The summed E-state index contributed by atoms with van der Waals surface area (Å²) in [6.45, 7) is 6.67. The molecule has 0 N–H and O–H groups in total. The second-order valence-electron chi connectivity index (χ2n) is 9.00. The average Bonchev–Trinajstić information content (AvgIpc) is 2.73. The van der Waals surface area contributed by atoms with E-state index < -0.39 is 5.60 Å². The summed E-state index contributed by atoms with van der Waals surface area (Å²) in [5, 5.41) is 1.04. The van der Waals surface area contributed by atoms with Gasteiger partial charge in [0.05, 0.1) is 11.1 Å². The van der Waals surface area contributed by atoms with Crippen LogP contribution in [0.3, 0.4) is 0 Å². The molecule has 2 unspecified atom stereocenters. The summed E-state index contributed by atoms with van der Waals surface area (Å²) in [6.07, 6.45) is 2.31. The van der Waals surface area contributed by atoms with Gasteiger partial charge in [0.15, 0.2) is 0 Å². The number of halogens is 2. The number of nitrogens with zero attached hydrogens (tertiary/aromatic N) is 1. The van der Waals surface area contributed by atoms with Gasteiger partial charge in [0.2, 0.25) is 0 Å². The summed E-state index contributed by atoms with van der Waals surface area (Å²) in [7, 11) is 1.68. The van der Waals surface area contributed by atoms with Gasteiger partial charge in [-0.1, -0.05) is 41.4 Å². The summed E-state index contributed by atoms with van der Waals surface area (Å²) in [5.74, 6) is 0.577. The first kappa shape index (κ1) is 24.7. The Hall–Kier alpha value is -1.95. The Morgan fingerprint density at radius 3 is 2.62 bits per heavy atom. The van der Waals surface area contributed by atoms with E-state index >= 15 is 0 Å². The lowest BCUT2D eigenvalue weighted by Crippen LogP contribution is -2.49. The maximum atomic E-state index is 12.9. The summed E-state index contributed by atoms with van der Waals surface area (Å²) >= 11 is 12.2. The average molecular weight is 480 g/mol. The molecular weight excluding hydrogens is 449 g/mol. The largest absolute Gasteiger partial charge is 0.487 e. The van der Waals surface area contributed by atoms with Crippen LogP contribution < -0.4 is 4.74 Å². The highest BCUT2D eigenvalue weighted by atomic mass is 35.5. The summed E-state index contributed by atoms with van der Waals surface area (Å²) in [6, 6.07) is 13.1. The first-order valence-corrected chi connectivity index (χ1v) is 11.6.